The fourth-order valence-electron chi connectivity index (χ4n) is 2.08. The van der Waals surface area contributed by atoms with Crippen molar-refractivity contribution in [3.8, 4) is 0 Å². The van der Waals surface area contributed by atoms with Gasteiger partial charge in [-0.2, -0.15) is 0 Å². The summed E-state index contributed by atoms with van der Waals surface area (Å²) in [4.78, 5) is 5.57. The van der Waals surface area contributed by atoms with E-state index in [2.05, 4.69) is 43.7 Å². The first-order valence-electron chi connectivity index (χ1n) is 5.99. The van der Waals surface area contributed by atoms with Gasteiger partial charge < -0.3 is 10.6 Å². The summed E-state index contributed by atoms with van der Waals surface area (Å²) in [5, 5.41) is 6.83. The van der Waals surface area contributed by atoms with Crippen molar-refractivity contribution >= 4 is 57.2 Å². The summed E-state index contributed by atoms with van der Waals surface area (Å²) < 4.78 is 1.17. The highest BCUT2D eigenvalue weighted by Gasteiger charge is 2.15. The smallest absolute Gasteiger partial charge is 0.191 e. The molecular weight excluding hydrogens is 425 g/mol. The highest BCUT2D eigenvalue weighted by atomic mass is 127. The number of nitrogens with one attached hydrogen (secondary N) is 2. The second kappa shape index (κ2) is 8.37. The van der Waals surface area contributed by atoms with Crippen molar-refractivity contribution in [2.24, 2.45) is 4.99 Å². The summed E-state index contributed by atoms with van der Waals surface area (Å²) in [7, 11) is 1.83. The molecule has 1 aliphatic rings. The lowest BCUT2D eigenvalue weighted by Crippen LogP contribution is -2.41. The van der Waals surface area contributed by atoms with E-state index < -0.39 is 0 Å². The second-order valence-corrected chi connectivity index (χ2v) is 6.80. The third-order valence-corrected chi connectivity index (χ3v) is 4.60. The highest BCUT2D eigenvalue weighted by Crippen LogP contribution is 2.21. The fraction of sp³-hybridized carbons (Fsp3) is 0.583. The van der Waals surface area contributed by atoms with Gasteiger partial charge in [-0.25, -0.2) is 0 Å². The van der Waals surface area contributed by atoms with Crippen molar-refractivity contribution in [1.82, 2.24) is 10.6 Å². The van der Waals surface area contributed by atoms with Crippen LogP contribution in [0.3, 0.4) is 0 Å². The first kappa shape index (κ1) is 16.2. The van der Waals surface area contributed by atoms with Crippen LogP contribution in [-0.2, 0) is 6.54 Å². The molecule has 0 bridgehead atoms. The average molecular weight is 444 g/mol. The van der Waals surface area contributed by atoms with E-state index in [1.54, 1.807) is 11.3 Å². The van der Waals surface area contributed by atoms with E-state index >= 15 is 0 Å². The van der Waals surface area contributed by atoms with E-state index in [1.807, 2.05) is 7.05 Å². The summed E-state index contributed by atoms with van der Waals surface area (Å²) in [6.07, 6.45) is 5.22. The third kappa shape index (κ3) is 5.05. The van der Waals surface area contributed by atoms with E-state index in [0.717, 1.165) is 12.5 Å². The monoisotopic (exact) mass is 443 g/mol. The molecule has 0 radical (unpaired) electrons. The van der Waals surface area contributed by atoms with Gasteiger partial charge in [0, 0.05) is 18.0 Å². The van der Waals surface area contributed by atoms with Crippen molar-refractivity contribution in [2.75, 3.05) is 7.05 Å². The first-order chi connectivity index (χ1) is 8.28. The normalized spacial score (nSPS) is 16.4. The number of guanidine groups is 1. The van der Waals surface area contributed by atoms with Gasteiger partial charge in [0.15, 0.2) is 5.96 Å². The number of aliphatic imine (C=N–C) groups is 1. The number of thiophene rings is 1. The zero-order valence-electron chi connectivity index (χ0n) is 10.4. The molecule has 3 nitrogen and oxygen atoms in total. The van der Waals surface area contributed by atoms with Gasteiger partial charge in [-0.05, 0) is 40.9 Å². The molecule has 0 aromatic carbocycles. The SMILES string of the molecule is CN=C(NCc1ccc(Br)s1)NC1CCCC1.I. The van der Waals surface area contributed by atoms with Gasteiger partial charge in [0.25, 0.3) is 0 Å². The Morgan fingerprint density at radius 1 is 1.44 bits per heavy atom. The van der Waals surface area contributed by atoms with Crippen LogP contribution in [-0.4, -0.2) is 19.0 Å². The quantitative estimate of drug-likeness (QED) is 0.424. The zero-order valence-corrected chi connectivity index (χ0v) is 15.1. The first-order valence-corrected chi connectivity index (χ1v) is 7.60. The van der Waals surface area contributed by atoms with Crippen molar-refractivity contribution in [3.05, 3.63) is 20.8 Å². The fourth-order valence-corrected chi connectivity index (χ4v) is 3.50. The lowest BCUT2D eigenvalue weighted by atomic mass is 10.2. The number of rotatable bonds is 3. The predicted octanol–water partition coefficient (Wildman–Crippen LogP) is 3.74. The average Bonchev–Trinajstić information content (AvgIpc) is 2.96. The molecule has 1 aromatic heterocycles. The molecule has 1 aromatic rings. The van der Waals surface area contributed by atoms with Crippen LogP contribution in [0.15, 0.2) is 20.9 Å². The van der Waals surface area contributed by atoms with Crippen LogP contribution in [0.25, 0.3) is 0 Å². The van der Waals surface area contributed by atoms with E-state index in [9.17, 15) is 0 Å². The van der Waals surface area contributed by atoms with Crippen LogP contribution in [0.5, 0.6) is 0 Å². The molecule has 2 rings (SSSR count). The largest absolute Gasteiger partial charge is 0.354 e. The minimum atomic E-state index is 0. The Morgan fingerprint density at radius 2 is 2.17 bits per heavy atom. The van der Waals surface area contributed by atoms with Crippen molar-refractivity contribution in [2.45, 2.75) is 38.3 Å². The van der Waals surface area contributed by atoms with Crippen LogP contribution in [0.2, 0.25) is 0 Å². The molecule has 1 fully saturated rings. The van der Waals surface area contributed by atoms with Gasteiger partial charge in [0.1, 0.15) is 0 Å². The molecule has 0 spiro atoms. The molecule has 102 valence electrons. The van der Waals surface area contributed by atoms with Gasteiger partial charge in [-0.3, -0.25) is 4.99 Å². The van der Waals surface area contributed by atoms with Crippen molar-refractivity contribution < 1.29 is 0 Å². The Labute approximate surface area is 138 Å². The lowest BCUT2D eigenvalue weighted by Gasteiger charge is -2.16. The molecule has 0 aliphatic heterocycles. The van der Waals surface area contributed by atoms with E-state index in [-0.39, 0.29) is 24.0 Å². The molecular formula is C12H19BrIN3S. The zero-order chi connectivity index (χ0) is 12.1. The number of hydrogen-bond acceptors (Lipinski definition) is 2. The maximum absolute atomic E-state index is 4.26. The minimum Gasteiger partial charge on any atom is -0.354 e. The summed E-state index contributed by atoms with van der Waals surface area (Å²) in [5.41, 5.74) is 0. The molecule has 1 heterocycles. The standard InChI is InChI=1S/C12H18BrN3S.HI/c1-14-12(16-9-4-2-3-5-9)15-8-10-6-7-11(13)17-10;/h6-7,9H,2-5,8H2,1H3,(H2,14,15,16);1H. The van der Waals surface area contributed by atoms with Crippen LogP contribution in [0.1, 0.15) is 30.6 Å². The summed E-state index contributed by atoms with van der Waals surface area (Å²) in [5.74, 6) is 0.918. The van der Waals surface area contributed by atoms with E-state index in [4.69, 9.17) is 0 Å². The molecule has 0 unspecified atom stereocenters. The van der Waals surface area contributed by atoms with Crippen LogP contribution in [0, 0.1) is 0 Å². The van der Waals surface area contributed by atoms with Gasteiger partial charge in [-0.1, -0.05) is 12.8 Å². The predicted molar refractivity (Wildman–Crippen MR) is 93.0 cm³/mol. The molecule has 0 saturated heterocycles. The summed E-state index contributed by atoms with van der Waals surface area (Å²) in [6.45, 7) is 0.836. The van der Waals surface area contributed by atoms with Crippen molar-refractivity contribution in [1.29, 1.82) is 0 Å². The summed E-state index contributed by atoms with van der Waals surface area (Å²) in [6, 6.07) is 4.82. The highest BCUT2D eigenvalue weighted by molar-refractivity contribution is 14.0. The summed E-state index contributed by atoms with van der Waals surface area (Å²) >= 11 is 5.23. The van der Waals surface area contributed by atoms with Crippen LogP contribution >= 0.6 is 51.2 Å². The Bertz CT molecular complexity index is 388. The maximum atomic E-state index is 4.26. The molecule has 0 atom stereocenters. The number of nitrogens with zero attached hydrogens (tertiary/aromatic N) is 1. The number of halogens is 2. The second-order valence-electron chi connectivity index (χ2n) is 4.26. The van der Waals surface area contributed by atoms with Gasteiger partial charge >= 0.3 is 0 Å². The molecule has 1 saturated carbocycles. The Hall–Kier alpha value is 0.180. The molecule has 6 heteroatoms. The van der Waals surface area contributed by atoms with Crippen molar-refractivity contribution in [3.63, 3.8) is 0 Å². The minimum absolute atomic E-state index is 0. The molecule has 1 aliphatic carbocycles. The number of hydrogen-bond donors (Lipinski definition) is 2. The van der Waals surface area contributed by atoms with Gasteiger partial charge in [0.05, 0.1) is 10.3 Å². The Morgan fingerprint density at radius 3 is 2.72 bits per heavy atom. The molecule has 18 heavy (non-hydrogen) atoms. The molecule has 2 N–H and O–H groups in total. The van der Waals surface area contributed by atoms with Crippen LogP contribution < -0.4 is 10.6 Å². The van der Waals surface area contributed by atoms with E-state index in [1.165, 1.54) is 34.3 Å². The maximum Gasteiger partial charge on any atom is 0.191 e. The van der Waals surface area contributed by atoms with Gasteiger partial charge in [0.2, 0.25) is 0 Å². The van der Waals surface area contributed by atoms with E-state index in [0.29, 0.717) is 6.04 Å². The Balaban J connectivity index is 0.00000162. The molecule has 0 amide bonds. The van der Waals surface area contributed by atoms with Crippen LogP contribution in [0.4, 0.5) is 0 Å². The topological polar surface area (TPSA) is 36.4 Å². The third-order valence-electron chi connectivity index (χ3n) is 2.98. The Kier molecular flexibility index (Phi) is 7.55. The lowest BCUT2D eigenvalue weighted by molar-refractivity contribution is 0.614. The van der Waals surface area contributed by atoms with Gasteiger partial charge in [-0.15, -0.1) is 35.3 Å².